The first kappa shape index (κ1) is 25.4. The van der Waals surface area contributed by atoms with E-state index in [4.69, 9.17) is 0 Å². The molecule has 2 aromatic carbocycles. The minimum Gasteiger partial charge on any atom is -0.392 e. The first-order valence-electron chi connectivity index (χ1n) is 11.1. The Hall–Kier alpha value is -3.20. The Morgan fingerprint density at radius 1 is 1.18 bits per heavy atom. The number of alkyl halides is 3. The number of rotatable bonds is 5. The van der Waals surface area contributed by atoms with Crippen LogP contribution < -0.4 is 4.90 Å². The van der Waals surface area contributed by atoms with Crippen LogP contribution in [0, 0.1) is 12.8 Å². The molecular formula is C25H29F3N4O2. The number of hydrogen-bond donors (Lipinski definition) is 1. The van der Waals surface area contributed by atoms with Gasteiger partial charge >= 0.3 is 6.18 Å². The van der Waals surface area contributed by atoms with Gasteiger partial charge in [0.15, 0.2) is 0 Å². The highest BCUT2D eigenvalue weighted by atomic mass is 19.4. The molecule has 34 heavy (non-hydrogen) atoms. The molecule has 1 aliphatic heterocycles. The Kier molecular flexibility index (Phi) is 7.76. The van der Waals surface area contributed by atoms with Crippen LogP contribution in [0.5, 0.6) is 0 Å². The van der Waals surface area contributed by atoms with E-state index >= 15 is 0 Å². The second-order valence-corrected chi connectivity index (χ2v) is 8.59. The number of aromatic nitrogens is 3. The molecular weight excluding hydrogens is 445 g/mol. The Bertz CT molecular complexity index is 1140. The van der Waals surface area contributed by atoms with E-state index in [2.05, 4.69) is 24.0 Å². The van der Waals surface area contributed by atoms with Crippen LogP contribution in [0.1, 0.15) is 58.7 Å². The number of halogens is 3. The molecule has 1 aliphatic rings. The van der Waals surface area contributed by atoms with Gasteiger partial charge in [0.05, 0.1) is 18.7 Å². The van der Waals surface area contributed by atoms with Crippen molar-refractivity contribution in [2.45, 2.75) is 52.9 Å². The van der Waals surface area contributed by atoms with Crippen molar-refractivity contribution in [3.05, 3.63) is 76.4 Å². The molecule has 0 fully saturated rings. The van der Waals surface area contributed by atoms with Crippen molar-refractivity contribution in [2.24, 2.45) is 13.0 Å². The zero-order valence-electron chi connectivity index (χ0n) is 19.7. The average Bonchev–Trinajstić information content (AvgIpc) is 3.34. The number of carbonyl (C=O) groups is 1. The number of benzene rings is 2. The molecule has 0 radical (unpaired) electrons. The van der Waals surface area contributed by atoms with Crippen LogP contribution in [0.4, 0.5) is 18.9 Å². The normalized spacial score (nSPS) is 14.0. The summed E-state index contributed by atoms with van der Waals surface area (Å²) in [7, 11) is 1.91. The summed E-state index contributed by atoms with van der Waals surface area (Å²) in [6.07, 6.45) is -1.03. The van der Waals surface area contributed by atoms with E-state index in [9.17, 15) is 23.1 Å². The summed E-state index contributed by atoms with van der Waals surface area (Å²) < 4.78 is 42.2. The smallest absolute Gasteiger partial charge is 0.392 e. The van der Waals surface area contributed by atoms with Gasteiger partial charge in [-0.15, -0.1) is 10.2 Å². The van der Waals surface area contributed by atoms with Crippen LogP contribution in [0.3, 0.4) is 0 Å². The van der Waals surface area contributed by atoms with Crippen molar-refractivity contribution in [3.63, 3.8) is 0 Å². The molecule has 2 heterocycles. The third-order valence-corrected chi connectivity index (χ3v) is 6.03. The summed E-state index contributed by atoms with van der Waals surface area (Å²) in [6, 6.07) is 9.69. The minimum absolute atomic E-state index is 0.0150. The predicted octanol–water partition coefficient (Wildman–Crippen LogP) is 5.07. The number of aryl methyl sites for hydroxylation is 2. The molecule has 0 aliphatic carbocycles. The van der Waals surface area contributed by atoms with Crippen molar-refractivity contribution in [1.29, 1.82) is 0 Å². The van der Waals surface area contributed by atoms with Gasteiger partial charge in [0.2, 0.25) is 0 Å². The maximum atomic E-state index is 13.5. The maximum absolute atomic E-state index is 13.5. The Balaban J connectivity index is 0.000000396. The van der Waals surface area contributed by atoms with Crippen LogP contribution in [0.15, 0.2) is 42.7 Å². The summed E-state index contributed by atoms with van der Waals surface area (Å²) >= 11 is 0. The molecule has 1 amide bonds. The highest BCUT2D eigenvalue weighted by molar-refractivity contribution is 6.10. The summed E-state index contributed by atoms with van der Waals surface area (Å²) in [5, 5.41) is 16.6. The van der Waals surface area contributed by atoms with Crippen molar-refractivity contribution in [3.8, 4) is 0 Å². The SMILES string of the molecule is CC[C@@H](C)Cc1cccc(N2Cc3c(cc(CO)cc3C(F)(F)F)C2=O)c1.Cc1nncn1C. The second-order valence-electron chi connectivity index (χ2n) is 8.59. The molecule has 0 saturated heterocycles. The average molecular weight is 475 g/mol. The lowest BCUT2D eigenvalue weighted by Crippen LogP contribution is -2.23. The van der Waals surface area contributed by atoms with E-state index in [1.165, 1.54) is 11.0 Å². The molecule has 6 nitrogen and oxygen atoms in total. The van der Waals surface area contributed by atoms with Crippen LogP contribution in [-0.2, 0) is 32.8 Å². The van der Waals surface area contributed by atoms with Gasteiger partial charge in [0.1, 0.15) is 12.2 Å². The van der Waals surface area contributed by atoms with E-state index in [0.717, 1.165) is 30.3 Å². The standard InChI is InChI=1S/C21H22F3NO2.C4H7N3/c1-3-13(2)7-14-5-4-6-16(8-14)25-11-18-17(20(25)27)9-15(12-26)10-19(18)21(22,23)24;1-4-6-5-3-7(4)2/h4-6,8-10,13,26H,3,7,11-12H2,1-2H3;3H,1-2H3/t13-;/m1./s1. The van der Waals surface area contributed by atoms with Crippen LogP contribution in [0.25, 0.3) is 0 Å². The molecule has 0 spiro atoms. The lowest BCUT2D eigenvalue weighted by atomic mass is 9.98. The highest BCUT2D eigenvalue weighted by Gasteiger charge is 2.40. The van der Waals surface area contributed by atoms with Crippen molar-refractivity contribution >= 4 is 11.6 Å². The van der Waals surface area contributed by atoms with Crippen LogP contribution in [-0.4, -0.2) is 25.8 Å². The first-order valence-corrected chi connectivity index (χ1v) is 11.1. The lowest BCUT2D eigenvalue weighted by Gasteiger charge is -2.18. The maximum Gasteiger partial charge on any atom is 0.416 e. The summed E-state index contributed by atoms with van der Waals surface area (Å²) in [5.41, 5.74) is 0.865. The molecule has 0 saturated carbocycles. The van der Waals surface area contributed by atoms with E-state index in [1.54, 1.807) is 12.4 Å². The highest BCUT2D eigenvalue weighted by Crippen LogP contribution is 2.39. The van der Waals surface area contributed by atoms with Crippen molar-refractivity contribution < 1.29 is 23.1 Å². The van der Waals surface area contributed by atoms with Crippen LogP contribution in [0.2, 0.25) is 0 Å². The first-order chi connectivity index (χ1) is 16.0. The molecule has 1 N–H and O–H groups in total. The van der Waals surface area contributed by atoms with Gasteiger partial charge in [-0.05, 0) is 60.2 Å². The number of anilines is 1. The second kappa shape index (κ2) is 10.4. The number of amides is 1. The fourth-order valence-corrected chi connectivity index (χ4v) is 3.76. The van der Waals surface area contributed by atoms with E-state index in [0.29, 0.717) is 11.6 Å². The topological polar surface area (TPSA) is 71.2 Å². The number of nitrogens with zero attached hydrogens (tertiary/aromatic N) is 4. The molecule has 0 bridgehead atoms. The van der Waals surface area contributed by atoms with Gasteiger partial charge in [0, 0.05) is 18.3 Å². The van der Waals surface area contributed by atoms with Gasteiger partial charge in [-0.25, -0.2) is 0 Å². The van der Waals surface area contributed by atoms with Gasteiger partial charge in [-0.1, -0.05) is 32.4 Å². The van der Waals surface area contributed by atoms with E-state index in [1.807, 2.05) is 36.7 Å². The Labute approximate surface area is 197 Å². The Morgan fingerprint density at radius 3 is 2.44 bits per heavy atom. The van der Waals surface area contributed by atoms with Gasteiger partial charge < -0.3 is 14.6 Å². The number of fused-ring (bicyclic) bond motifs is 1. The predicted molar refractivity (Wildman–Crippen MR) is 123 cm³/mol. The number of aliphatic hydroxyl groups is 1. The summed E-state index contributed by atoms with van der Waals surface area (Å²) in [6.45, 7) is 5.48. The summed E-state index contributed by atoms with van der Waals surface area (Å²) in [4.78, 5) is 14.2. The molecule has 182 valence electrons. The Morgan fingerprint density at radius 2 is 1.91 bits per heavy atom. The molecule has 0 unspecified atom stereocenters. The molecule has 1 aromatic heterocycles. The zero-order chi connectivity index (χ0) is 25.0. The molecule has 3 aromatic rings. The van der Waals surface area contributed by atoms with Crippen molar-refractivity contribution in [2.75, 3.05) is 4.90 Å². The van der Waals surface area contributed by atoms with Gasteiger partial charge in [0.25, 0.3) is 5.91 Å². The zero-order valence-corrected chi connectivity index (χ0v) is 19.7. The number of hydrogen-bond acceptors (Lipinski definition) is 4. The van der Waals surface area contributed by atoms with E-state index < -0.39 is 24.3 Å². The summed E-state index contributed by atoms with van der Waals surface area (Å²) in [5.74, 6) is 0.960. The third-order valence-electron chi connectivity index (χ3n) is 6.03. The van der Waals surface area contributed by atoms with Gasteiger partial charge in [-0.2, -0.15) is 13.2 Å². The quantitative estimate of drug-likeness (QED) is 0.561. The number of carbonyl (C=O) groups excluding carboxylic acids is 1. The van der Waals surface area contributed by atoms with Crippen LogP contribution >= 0.6 is 0 Å². The monoisotopic (exact) mass is 474 g/mol. The largest absolute Gasteiger partial charge is 0.416 e. The van der Waals surface area contributed by atoms with Gasteiger partial charge in [-0.3, -0.25) is 4.79 Å². The fourth-order valence-electron chi connectivity index (χ4n) is 3.76. The minimum atomic E-state index is -4.58. The third kappa shape index (κ3) is 5.64. The lowest BCUT2D eigenvalue weighted by molar-refractivity contribution is -0.138. The molecule has 4 rings (SSSR count). The molecule has 1 atom stereocenters. The number of aliphatic hydroxyl groups excluding tert-OH is 1. The van der Waals surface area contributed by atoms with E-state index in [-0.39, 0.29) is 23.2 Å². The fraction of sp³-hybridized carbons (Fsp3) is 0.400. The van der Waals surface area contributed by atoms with Crippen molar-refractivity contribution in [1.82, 2.24) is 14.8 Å². The molecule has 9 heteroatoms.